The van der Waals surface area contributed by atoms with Crippen LogP contribution in [0.4, 0.5) is 4.39 Å². The van der Waals surface area contributed by atoms with Crippen LogP contribution in [0.3, 0.4) is 0 Å². The van der Waals surface area contributed by atoms with Crippen LogP contribution in [0.2, 0.25) is 5.02 Å². The third-order valence-electron chi connectivity index (χ3n) is 9.65. The lowest BCUT2D eigenvalue weighted by Crippen LogP contribution is -2.38. The van der Waals surface area contributed by atoms with Crippen molar-refractivity contribution in [1.29, 1.82) is 0 Å². The third-order valence-corrected chi connectivity index (χ3v) is 9.89. The standard InChI is InChI=1S/C35H33ClFN3O5/c1-35(26-7-6-23(36)16-28(26)37)20-45-31-4-2-3-25(33(31)27(35)19-41)21-9-12-39(13-10-21)18-32-38-29-8-5-22(34(42)43)15-30(29)40(32)17-24-11-14-44-24/h2-8,15-16,21,24H,9-14,17-18,20H2,1H3,(H,42,43)/t24-,35?/m0/s1. The molecular weight excluding hydrogens is 597 g/mol. The fourth-order valence-corrected chi connectivity index (χ4v) is 7.18. The first-order valence-corrected chi connectivity index (χ1v) is 15.7. The van der Waals surface area contributed by atoms with Crippen LogP contribution in [0.25, 0.3) is 16.6 Å². The minimum atomic E-state index is -1.02. The second-order valence-corrected chi connectivity index (χ2v) is 12.9. The summed E-state index contributed by atoms with van der Waals surface area (Å²) < 4.78 is 29.2. The van der Waals surface area contributed by atoms with Crippen LogP contribution < -0.4 is 4.74 Å². The topological polar surface area (TPSA) is 93.9 Å². The summed E-state index contributed by atoms with van der Waals surface area (Å²) in [7, 11) is 0. The Labute approximate surface area is 265 Å². The van der Waals surface area contributed by atoms with Crippen molar-refractivity contribution in [3.8, 4) is 5.75 Å². The van der Waals surface area contributed by atoms with E-state index in [1.807, 2.05) is 25.1 Å². The highest BCUT2D eigenvalue weighted by Crippen LogP contribution is 2.49. The first kappa shape index (κ1) is 29.7. The van der Waals surface area contributed by atoms with Gasteiger partial charge in [0.2, 0.25) is 0 Å². The van der Waals surface area contributed by atoms with E-state index in [-0.39, 0.29) is 29.2 Å². The molecule has 2 atom stereocenters. The van der Waals surface area contributed by atoms with Crippen LogP contribution in [0, 0.1) is 5.82 Å². The van der Waals surface area contributed by atoms with Gasteiger partial charge in [0.05, 0.1) is 46.8 Å². The molecule has 232 valence electrons. The Bertz CT molecular complexity index is 1860. The number of likely N-dealkylation sites (tertiary alicyclic amines) is 1. The number of benzene rings is 3. The molecule has 1 unspecified atom stereocenters. The van der Waals surface area contributed by atoms with Gasteiger partial charge in [0.1, 0.15) is 29.9 Å². The van der Waals surface area contributed by atoms with Crippen LogP contribution >= 0.6 is 11.6 Å². The number of rotatable bonds is 7. The van der Waals surface area contributed by atoms with Gasteiger partial charge in [-0.25, -0.2) is 19.0 Å². The summed E-state index contributed by atoms with van der Waals surface area (Å²) >= 11 is 6.03. The molecule has 0 amide bonds. The molecule has 7 rings (SSSR count). The summed E-state index contributed by atoms with van der Waals surface area (Å²) in [5.74, 6) is 2.41. The number of imidazole rings is 1. The number of carbonyl (C=O) groups is 1. The molecule has 3 aliphatic rings. The molecule has 0 bridgehead atoms. The normalized spacial score (nSPS) is 22.0. The van der Waals surface area contributed by atoms with Crippen molar-refractivity contribution >= 4 is 40.1 Å². The number of aromatic nitrogens is 2. The third kappa shape index (κ3) is 5.34. The summed E-state index contributed by atoms with van der Waals surface area (Å²) in [6.07, 6.45) is 2.77. The number of fused-ring (bicyclic) bond motifs is 2. The molecule has 0 saturated carbocycles. The Hall–Kier alpha value is -4.01. The minimum Gasteiger partial charge on any atom is -0.492 e. The lowest BCUT2D eigenvalue weighted by atomic mass is 9.70. The van der Waals surface area contributed by atoms with Crippen molar-refractivity contribution in [2.24, 2.45) is 0 Å². The maximum atomic E-state index is 15.2. The maximum absolute atomic E-state index is 15.2. The number of carboxylic acids is 1. The second kappa shape index (κ2) is 11.7. The van der Waals surface area contributed by atoms with Crippen LogP contribution in [0.5, 0.6) is 5.75 Å². The van der Waals surface area contributed by atoms with E-state index < -0.39 is 17.2 Å². The average molecular weight is 630 g/mol. The highest BCUT2D eigenvalue weighted by Gasteiger charge is 2.43. The van der Waals surface area contributed by atoms with Gasteiger partial charge in [-0.05, 0) is 87.2 Å². The molecule has 2 saturated heterocycles. The molecular formula is C35H33ClFN3O5. The van der Waals surface area contributed by atoms with Gasteiger partial charge in [0.25, 0.3) is 0 Å². The molecule has 0 aliphatic carbocycles. The molecule has 1 aromatic heterocycles. The zero-order chi connectivity index (χ0) is 31.3. The quantitative estimate of drug-likeness (QED) is 0.241. The summed E-state index contributed by atoms with van der Waals surface area (Å²) in [4.78, 5) is 31.6. The van der Waals surface area contributed by atoms with Gasteiger partial charge >= 0.3 is 5.97 Å². The SMILES string of the molecule is CC1(c2ccc(Cl)cc2F)COc2cccc(C3CCN(Cc4nc5ccc(C(=O)O)cc5n4C[C@@H]4CCO4)CC3)c2C1=C=O. The molecule has 0 radical (unpaired) electrons. The number of halogens is 2. The summed E-state index contributed by atoms with van der Waals surface area (Å²) in [5, 5.41) is 9.85. The fourth-order valence-electron chi connectivity index (χ4n) is 7.02. The van der Waals surface area contributed by atoms with E-state index in [9.17, 15) is 14.7 Å². The minimum absolute atomic E-state index is 0.0962. The van der Waals surface area contributed by atoms with Gasteiger partial charge in [-0.3, -0.25) is 4.90 Å². The number of hydrogen-bond acceptors (Lipinski definition) is 6. The zero-order valence-electron chi connectivity index (χ0n) is 24.9. The molecule has 10 heteroatoms. The largest absolute Gasteiger partial charge is 0.492 e. The van der Waals surface area contributed by atoms with Crippen molar-refractivity contribution < 1.29 is 28.6 Å². The molecule has 2 fully saturated rings. The van der Waals surface area contributed by atoms with Gasteiger partial charge in [-0.15, -0.1) is 0 Å². The van der Waals surface area contributed by atoms with Crippen molar-refractivity contribution in [2.45, 2.75) is 56.7 Å². The van der Waals surface area contributed by atoms with Crippen LogP contribution in [-0.4, -0.2) is 63.9 Å². The van der Waals surface area contributed by atoms with Crippen LogP contribution in [0.1, 0.15) is 65.0 Å². The lowest BCUT2D eigenvalue weighted by molar-refractivity contribution is -0.0592. The fraction of sp³-hybridized carbons (Fsp3) is 0.371. The van der Waals surface area contributed by atoms with Crippen LogP contribution in [0.15, 0.2) is 54.6 Å². The van der Waals surface area contributed by atoms with Gasteiger partial charge in [0, 0.05) is 22.8 Å². The number of carboxylic acid groups (broad SMARTS) is 1. The molecule has 8 nitrogen and oxygen atoms in total. The molecule has 4 aromatic rings. The van der Waals surface area contributed by atoms with Crippen LogP contribution in [-0.2, 0) is 28.0 Å². The molecule has 3 aliphatic heterocycles. The molecule has 4 heterocycles. The Morgan fingerprint density at radius 2 is 1.96 bits per heavy atom. The Balaban J connectivity index is 1.13. The van der Waals surface area contributed by atoms with Crippen molar-refractivity contribution in [3.63, 3.8) is 0 Å². The van der Waals surface area contributed by atoms with E-state index in [2.05, 4.69) is 15.4 Å². The Morgan fingerprint density at radius 1 is 1.16 bits per heavy atom. The van der Waals surface area contributed by atoms with E-state index >= 15 is 4.39 Å². The molecule has 1 N–H and O–H groups in total. The van der Waals surface area contributed by atoms with Gasteiger partial charge < -0.3 is 19.1 Å². The average Bonchev–Trinajstić information content (AvgIpc) is 3.34. The predicted octanol–water partition coefficient (Wildman–Crippen LogP) is 6.26. The highest BCUT2D eigenvalue weighted by atomic mass is 35.5. The number of hydrogen-bond donors (Lipinski definition) is 1. The van der Waals surface area contributed by atoms with Gasteiger partial charge in [-0.2, -0.15) is 0 Å². The smallest absolute Gasteiger partial charge is 0.335 e. The number of aromatic carboxylic acids is 1. The molecule has 0 spiro atoms. The first-order chi connectivity index (χ1) is 21.7. The number of nitrogens with zero attached hydrogens (tertiary/aromatic N) is 3. The van der Waals surface area contributed by atoms with Gasteiger partial charge in [0.15, 0.2) is 0 Å². The number of piperidine rings is 1. The van der Waals surface area contributed by atoms with E-state index in [1.165, 1.54) is 6.07 Å². The molecule has 45 heavy (non-hydrogen) atoms. The summed E-state index contributed by atoms with van der Waals surface area (Å²) in [6, 6.07) is 15.4. The van der Waals surface area contributed by atoms with Crippen molar-refractivity contribution in [3.05, 3.63) is 93.5 Å². The van der Waals surface area contributed by atoms with Crippen molar-refractivity contribution in [1.82, 2.24) is 14.5 Å². The predicted molar refractivity (Wildman–Crippen MR) is 168 cm³/mol. The van der Waals surface area contributed by atoms with E-state index in [0.717, 1.165) is 61.4 Å². The zero-order valence-corrected chi connectivity index (χ0v) is 25.6. The highest BCUT2D eigenvalue weighted by molar-refractivity contribution is 6.30. The summed E-state index contributed by atoms with van der Waals surface area (Å²) in [6.45, 7) is 5.55. The van der Waals surface area contributed by atoms with Crippen molar-refractivity contribution in [2.75, 3.05) is 26.3 Å². The second-order valence-electron chi connectivity index (χ2n) is 12.4. The van der Waals surface area contributed by atoms with E-state index in [1.54, 1.807) is 30.3 Å². The maximum Gasteiger partial charge on any atom is 0.335 e. The lowest BCUT2D eigenvalue weighted by Gasteiger charge is -2.39. The van der Waals surface area contributed by atoms with E-state index in [0.29, 0.717) is 35.5 Å². The van der Waals surface area contributed by atoms with Gasteiger partial charge in [-0.1, -0.05) is 29.8 Å². The summed E-state index contributed by atoms with van der Waals surface area (Å²) in [5.41, 5.74) is 3.27. The monoisotopic (exact) mass is 629 g/mol. The number of ether oxygens (including phenoxy) is 2. The first-order valence-electron chi connectivity index (χ1n) is 15.3. The Kier molecular flexibility index (Phi) is 7.74. The van der Waals surface area contributed by atoms with E-state index in [4.69, 9.17) is 26.1 Å². The molecule has 3 aromatic carbocycles. The Morgan fingerprint density at radius 3 is 2.64 bits per heavy atom. The number of carbonyl (C=O) groups excluding carboxylic acids is 1.